The third-order valence-electron chi connectivity index (χ3n) is 9.34. The van der Waals surface area contributed by atoms with Crippen LogP contribution in [-0.4, -0.2) is 61.0 Å². The average molecular weight is 624 g/mol. The molecule has 2 amide bonds. The van der Waals surface area contributed by atoms with Crippen LogP contribution in [0.1, 0.15) is 65.6 Å². The third kappa shape index (κ3) is 7.11. The van der Waals surface area contributed by atoms with Gasteiger partial charge in [0.05, 0.1) is 16.8 Å². The normalized spacial score (nSPS) is 15.2. The fourth-order valence-corrected chi connectivity index (χ4v) is 6.79. The number of amides is 2. The quantitative estimate of drug-likeness (QED) is 0.138. The molecule has 234 valence electrons. The summed E-state index contributed by atoms with van der Waals surface area (Å²) in [6.45, 7) is 25.1. The van der Waals surface area contributed by atoms with Crippen molar-refractivity contribution in [2.75, 3.05) is 13.2 Å². The van der Waals surface area contributed by atoms with Crippen molar-refractivity contribution in [2.45, 2.75) is 104 Å². The van der Waals surface area contributed by atoms with E-state index < -0.39 is 28.4 Å². The lowest BCUT2D eigenvalue weighted by Gasteiger charge is -2.36. The standard InChI is InChI=1S/C32H49N5O4Si2/c1-31(2,3)42(7,8)40-20-12-17-36-22-24(23-14-11-16-33-28(23)36)26-27(30(39)34-29(26)38)25-15-19-37(35-25)18-13-21-41-43(9,10)32(4,5)6/h11,14-16,19,22H,12-13,17-18,20-21H2,1-10H3,(H,34,38,39). The molecule has 0 aliphatic carbocycles. The smallest absolute Gasteiger partial charge is 0.261 e. The lowest BCUT2D eigenvalue weighted by Crippen LogP contribution is -2.41. The number of imide groups is 1. The molecule has 0 radical (unpaired) electrons. The molecule has 4 rings (SSSR count). The molecule has 0 fully saturated rings. The van der Waals surface area contributed by atoms with E-state index in [1.807, 2.05) is 29.2 Å². The van der Waals surface area contributed by atoms with Crippen LogP contribution in [0.3, 0.4) is 0 Å². The van der Waals surface area contributed by atoms with Crippen LogP contribution in [0.25, 0.3) is 22.2 Å². The number of aryl methyl sites for hydroxylation is 2. The Bertz CT molecular complexity index is 1520. The van der Waals surface area contributed by atoms with Gasteiger partial charge in [-0.05, 0) is 67.3 Å². The molecule has 1 N–H and O–H groups in total. The second-order valence-electron chi connectivity index (χ2n) is 14.5. The van der Waals surface area contributed by atoms with Crippen LogP contribution in [0.2, 0.25) is 36.3 Å². The summed E-state index contributed by atoms with van der Waals surface area (Å²) >= 11 is 0. The van der Waals surface area contributed by atoms with E-state index in [9.17, 15) is 9.59 Å². The minimum absolute atomic E-state index is 0.151. The van der Waals surface area contributed by atoms with Crippen LogP contribution in [0.4, 0.5) is 0 Å². The van der Waals surface area contributed by atoms with Gasteiger partial charge < -0.3 is 13.4 Å². The molecule has 1 aliphatic heterocycles. The maximum absolute atomic E-state index is 13.2. The van der Waals surface area contributed by atoms with Crippen molar-refractivity contribution in [2.24, 2.45) is 0 Å². The van der Waals surface area contributed by atoms with Crippen LogP contribution in [0, 0.1) is 0 Å². The number of nitrogens with zero attached hydrogens (tertiary/aromatic N) is 4. The molecule has 11 heteroatoms. The second kappa shape index (κ2) is 12.3. The van der Waals surface area contributed by atoms with E-state index in [1.54, 1.807) is 12.3 Å². The highest BCUT2D eigenvalue weighted by atomic mass is 28.4. The summed E-state index contributed by atoms with van der Waals surface area (Å²) in [5.41, 5.74) is 2.58. The van der Waals surface area contributed by atoms with E-state index in [-0.39, 0.29) is 10.1 Å². The van der Waals surface area contributed by atoms with Gasteiger partial charge in [-0.15, -0.1) is 0 Å². The number of pyridine rings is 1. The molecule has 0 atom stereocenters. The van der Waals surface area contributed by atoms with Crippen LogP contribution < -0.4 is 5.32 Å². The molecule has 0 saturated carbocycles. The van der Waals surface area contributed by atoms with Gasteiger partial charge in [0, 0.05) is 55.8 Å². The highest BCUT2D eigenvalue weighted by Gasteiger charge is 2.38. The lowest BCUT2D eigenvalue weighted by atomic mass is 10.00. The zero-order chi connectivity index (χ0) is 31.8. The number of rotatable bonds is 12. The van der Waals surface area contributed by atoms with Gasteiger partial charge in [-0.3, -0.25) is 19.6 Å². The molecule has 0 unspecified atom stereocenters. The maximum Gasteiger partial charge on any atom is 0.261 e. The topological polar surface area (TPSA) is 100 Å². The van der Waals surface area contributed by atoms with Crippen LogP contribution in [0.15, 0.2) is 36.8 Å². The third-order valence-corrected chi connectivity index (χ3v) is 18.4. The summed E-state index contributed by atoms with van der Waals surface area (Å²) in [5.74, 6) is -0.847. The minimum atomic E-state index is -1.84. The predicted octanol–water partition coefficient (Wildman–Crippen LogP) is 6.62. The number of carbonyl (C=O) groups is 2. The number of carbonyl (C=O) groups excluding carboxylic acids is 2. The monoisotopic (exact) mass is 623 g/mol. The largest absolute Gasteiger partial charge is 0.417 e. The molecule has 4 heterocycles. The lowest BCUT2D eigenvalue weighted by molar-refractivity contribution is -0.122. The summed E-state index contributed by atoms with van der Waals surface area (Å²) in [4.78, 5) is 30.9. The van der Waals surface area contributed by atoms with Gasteiger partial charge in [-0.2, -0.15) is 5.10 Å². The van der Waals surface area contributed by atoms with Gasteiger partial charge >= 0.3 is 0 Å². The minimum Gasteiger partial charge on any atom is -0.417 e. The number of fused-ring (bicyclic) bond motifs is 1. The van der Waals surface area contributed by atoms with Gasteiger partial charge in [-0.25, -0.2) is 4.98 Å². The number of hydrogen-bond acceptors (Lipinski definition) is 6. The Morgan fingerprint density at radius 2 is 1.42 bits per heavy atom. The maximum atomic E-state index is 13.2. The van der Waals surface area contributed by atoms with Crippen molar-refractivity contribution in [3.05, 3.63) is 48.0 Å². The van der Waals surface area contributed by atoms with Crippen molar-refractivity contribution in [1.82, 2.24) is 24.6 Å². The summed E-state index contributed by atoms with van der Waals surface area (Å²) in [7, 11) is -3.65. The first-order valence-corrected chi connectivity index (χ1v) is 21.1. The molecular weight excluding hydrogens is 575 g/mol. The highest BCUT2D eigenvalue weighted by molar-refractivity contribution is 6.74. The Hall–Kier alpha value is -2.87. The molecule has 1 aliphatic rings. The van der Waals surface area contributed by atoms with Gasteiger partial charge in [0.1, 0.15) is 5.65 Å². The summed E-state index contributed by atoms with van der Waals surface area (Å²) < 4.78 is 16.6. The van der Waals surface area contributed by atoms with E-state index in [4.69, 9.17) is 14.0 Å². The van der Waals surface area contributed by atoms with E-state index in [2.05, 4.69) is 82.6 Å². The molecule has 0 spiro atoms. The van der Waals surface area contributed by atoms with Crippen LogP contribution >= 0.6 is 0 Å². The SMILES string of the molecule is CC(C)(C)[Si](C)(C)OCCCn1ccc(C2=C(c3cn(CCCO[Si](C)(C)C(C)(C)C)c4ncccc34)C(=O)NC2=O)n1. The Morgan fingerprint density at radius 3 is 2.02 bits per heavy atom. The van der Waals surface area contributed by atoms with Crippen molar-refractivity contribution in [1.29, 1.82) is 0 Å². The summed E-state index contributed by atoms with van der Waals surface area (Å²) in [5, 5.41) is 8.33. The molecular formula is C32H49N5O4Si2. The Balaban J connectivity index is 1.55. The van der Waals surface area contributed by atoms with E-state index >= 15 is 0 Å². The molecule has 3 aromatic heterocycles. The van der Waals surface area contributed by atoms with Crippen LogP contribution in [0.5, 0.6) is 0 Å². The fraction of sp³-hybridized carbons (Fsp3) is 0.562. The Morgan fingerprint density at radius 1 is 0.837 bits per heavy atom. The fourth-order valence-electron chi connectivity index (χ4n) is 4.62. The zero-order valence-corrected chi connectivity index (χ0v) is 29.6. The van der Waals surface area contributed by atoms with Gasteiger partial charge in [0.15, 0.2) is 16.6 Å². The van der Waals surface area contributed by atoms with Crippen molar-refractivity contribution in [3.63, 3.8) is 0 Å². The van der Waals surface area contributed by atoms with E-state index in [0.29, 0.717) is 48.7 Å². The van der Waals surface area contributed by atoms with Crippen molar-refractivity contribution in [3.8, 4) is 0 Å². The molecule has 43 heavy (non-hydrogen) atoms. The molecule has 9 nitrogen and oxygen atoms in total. The number of nitrogens with one attached hydrogen (secondary N) is 1. The zero-order valence-electron chi connectivity index (χ0n) is 27.6. The molecule has 0 saturated heterocycles. The predicted molar refractivity (Wildman–Crippen MR) is 177 cm³/mol. The highest BCUT2D eigenvalue weighted by Crippen LogP contribution is 2.38. The number of aromatic nitrogens is 4. The van der Waals surface area contributed by atoms with Gasteiger partial charge in [-0.1, -0.05) is 41.5 Å². The van der Waals surface area contributed by atoms with Gasteiger partial charge in [0.25, 0.3) is 11.8 Å². The first-order chi connectivity index (χ1) is 19.9. The first-order valence-electron chi connectivity index (χ1n) is 15.3. The molecule has 3 aromatic rings. The van der Waals surface area contributed by atoms with E-state index in [1.165, 1.54) is 0 Å². The van der Waals surface area contributed by atoms with E-state index in [0.717, 1.165) is 23.9 Å². The summed E-state index contributed by atoms with van der Waals surface area (Å²) in [6, 6.07) is 5.60. The molecule has 0 bridgehead atoms. The van der Waals surface area contributed by atoms with Crippen LogP contribution in [-0.2, 0) is 31.5 Å². The van der Waals surface area contributed by atoms with Crippen molar-refractivity contribution >= 4 is 50.6 Å². The molecule has 0 aromatic carbocycles. The summed E-state index contributed by atoms with van der Waals surface area (Å²) in [6.07, 6.45) is 7.17. The number of hydrogen-bond donors (Lipinski definition) is 1. The Labute approximate surface area is 258 Å². The Kier molecular flexibility index (Phi) is 9.42. The van der Waals surface area contributed by atoms with Crippen molar-refractivity contribution < 1.29 is 18.4 Å². The second-order valence-corrected chi connectivity index (χ2v) is 24.2. The average Bonchev–Trinajstić information content (AvgIpc) is 3.58. The van der Waals surface area contributed by atoms with Gasteiger partial charge in [0.2, 0.25) is 0 Å². The first kappa shape index (κ1) is 33.0.